The molecule has 1 fully saturated rings. The Bertz CT molecular complexity index is 382. The second-order valence-corrected chi connectivity index (χ2v) is 4.94. The van der Waals surface area contributed by atoms with Crippen molar-refractivity contribution in [2.24, 2.45) is 0 Å². The first-order chi connectivity index (χ1) is 9.88. The van der Waals surface area contributed by atoms with E-state index in [1.54, 1.807) is 12.3 Å². The zero-order chi connectivity index (χ0) is 14.0. The predicted octanol–water partition coefficient (Wildman–Crippen LogP) is 0.973. The summed E-state index contributed by atoms with van der Waals surface area (Å²) in [6.07, 6.45) is 3.82. The average molecular weight is 279 g/mol. The normalized spacial score (nSPS) is 16.1. The topological polar surface area (TPSA) is 62.3 Å². The van der Waals surface area contributed by atoms with Gasteiger partial charge in [0.2, 0.25) is 11.8 Å². The van der Waals surface area contributed by atoms with E-state index < -0.39 is 0 Å². The number of hydrogen-bond acceptors (Lipinski definition) is 6. The Balaban J connectivity index is 1.65. The first-order valence-electron chi connectivity index (χ1n) is 7.51. The van der Waals surface area contributed by atoms with Crippen LogP contribution in [-0.4, -0.2) is 60.7 Å². The number of nitrogens with zero attached hydrogens (tertiary/aromatic N) is 3. The van der Waals surface area contributed by atoms with Crippen LogP contribution in [0.25, 0.3) is 0 Å². The van der Waals surface area contributed by atoms with Crippen molar-refractivity contribution in [1.82, 2.24) is 20.2 Å². The molecule has 1 aliphatic rings. The number of hydrogen-bond donors (Lipinski definition) is 2. The molecule has 2 rings (SSSR count). The van der Waals surface area contributed by atoms with Crippen LogP contribution in [0.4, 0.5) is 5.95 Å². The van der Waals surface area contributed by atoms with Gasteiger partial charge in [0.25, 0.3) is 0 Å². The summed E-state index contributed by atoms with van der Waals surface area (Å²) in [5.74, 6) is 1.30. The molecule has 1 aromatic heterocycles. The highest BCUT2D eigenvalue weighted by Gasteiger charge is 2.08. The van der Waals surface area contributed by atoms with Crippen LogP contribution in [0.2, 0.25) is 0 Å². The minimum atomic E-state index is 0.645. The quantitative estimate of drug-likeness (QED) is 0.692. The lowest BCUT2D eigenvalue weighted by molar-refractivity contribution is 0.240. The van der Waals surface area contributed by atoms with E-state index in [2.05, 4.69) is 32.4 Å². The number of rotatable bonds is 8. The van der Waals surface area contributed by atoms with Crippen LogP contribution < -0.4 is 15.4 Å². The minimum Gasteiger partial charge on any atom is -0.478 e. The summed E-state index contributed by atoms with van der Waals surface area (Å²) in [5, 5.41) is 6.62. The molecule has 1 aliphatic heterocycles. The average Bonchev–Trinajstić information content (AvgIpc) is 2.51. The summed E-state index contributed by atoms with van der Waals surface area (Å²) in [6.45, 7) is 9.30. The van der Waals surface area contributed by atoms with Crippen LogP contribution in [-0.2, 0) is 0 Å². The van der Waals surface area contributed by atoms with Crippen molar-refractivity contribution in [2.75, 3.05) is 51.2 Å². The molecule has 0 radical (unpaired) electrons. The summed E-state index contributed by atoms with van der Waals surface area (Å²) < 4.78 is 5.49. The molecule has 0 bridgehead atoms. The Labute approximate surface area is 120 Å². The molecule has 0 aliphatic carbocycles. The van der Waals surface area contributed by atoms with Crippen molar-refractivity contribution >= 4 is 5.95 Å². The molecular weight excluding hydrogens is 254 g/mol. The van der Waals surface area contributed by atoms with Gasteiger partial charge in [0.1, 0.15) is 0 Å². The van der Waals surface area contributed by atoms with Crippen molar-refractivity contribution in [2.45, 2.75) is 19.8 Å². The second kappa shape index (κ2) is 8.71. The maximum atomic E-state index is 5.49. The molecule has 0 aromatic carbocycles. The van der Waals surface area contributed by atoms with Gasteiger partial charge in [-0.1, -0.05) is 6.92 Å². The molecule has 2 heterocycles. The molecule has 0 atom stereocenters. The van der Waals surface area contributed by atoms with Crippen molar-refractivity contribution in [1.29, 1.82) is 0 Å². The van der Waals surface area contributed by atoms with Crippen molar-refractivity contribution < 1.29 is 4.74 Å². The second-order valence-electron chi connectivity index (χ2n) is 4.94. The van der Waals surface area contributed by atoms with Gasteiger partial charge < -0.3 is 20.3 Å². The van der Waals surface area contributed by atoms with Crippen molar-refractivity contribution in [3.63, 3.8) is 0 Å². The molecule has 20 heavy (non-hydrogen) atoms. The van der Waals surface area contributed by atoms with Gasteiger partial charge in [0.05, 0.1) is 6.61 Å². The van der Waals surface area contributed by atoms with Gasteiger partial charge >= 0.3 is 0 Å². The molecule has 0 spiro atoms. The summed E-state index contributed by atoms with van der Waals surface area (Å²) in [6, 6.07) is 1.79. The first-order valence-corrected chi connectivity index (χ1v) is 7.51. The van der Waals surface area contributed by atoms with Crippen molar-refractivity contribution in [3.8, 4) is 5.88 Å². The number of anilines is 1. The van der Waals surface area contributed by atoms with Gasteiger partial charge in [-0.3, -0.25) is 0 Å². The van der Waals surface area contributed by atoms with E-state index in [-0.39, 0.29) is 0 Å². The lowest BCUT2D eigenvalue weighted by atomic mass is 10.3. The molecule has 0 amide bonds. The Morgan fingerprint density at radius 2 is 2.25 bits per heavy atom. The van der Waals surface area contributed by atoms with Gasteiger partial charge in [-0.2, -0.15) is 4.98 Å². The highest BCUT2D eigenvalue weighted by atomic mass is 16.5. The Morgan fingerprint density at radius 1 is 1.40 bits per heavy atom. The van der Waals surface area contributed by atoms with E-state index in [1.165, 1.54) is 0 Å². The van der Waals surface area contributed by atoms with Crippen molar-refractivity contribution in [3.05, 3.63) is 12.3 Å². The van der Waals surface area contributed by atoms with E-state index >= 15 is 0 Å². The standard InChI is InChI=1S/C14H25N5O/c1-2-12-20-13-4-6-17-14(18-13)16-5-3-9-19-10-7-15-8-11-19/h4,6,15H,2-3,5,7-12H2,1H3,(H,16,17,18). The Morgan fingerprint density at radius 3 is 3.05 bits per heavy atom. The monoisotopic (exact) mass is 279 g/mol. The van der Waals surface area contributed by atoms with E-state index in [9.17, 15) is 0 Å². The van der Waals surface area contributed by atoms with Gasteiger partial charge in [0.15, 0.2) is 0 Å². The van der Waals surface area contributed by atoms with Gasteiger partial charge in [-0.05, 0) is 19.4 Å². The Kier molecular flexibility index (Phi) is 6.53. The SMILES string of the molecule is CCCOc1ccnc(NCCCN2CCNCC2)n1. The maximum Gasteiger partial charge on any atom is 0.225 e. The molecule has 0 saturated carbocycles. The van der Waals surface area contributed by atoms with Crippen LogP contribution in [0.15, 0.2) is 12.3 Å². The summed E-state index contributed by atoms with van der Waals surface area (Å²) in [7, 11) is 0. The Hall–Kier alpha value is -1.40. The van der Waals surface area contributed by atoms with E-state index in [0.717, 1.165) is 52.1 Å². The van der Waals surface area contributed by atoms with E-state index in [4.69, 9.17) is 4.74 Å². The third kappa shape index (κ3) is 5.30. The fourth-order valence-corrected chi connectivity index (χ4v) is 2.15. The zero-order valence-corrected chi connectivity index (χ0v) is 12.3. The largest absolute Gasteiger partial charge is 0.478 e. The van der Waals surface area contributed by atoms with Crippen LogP contribution in [0, 0.1) is 0 Å². The molecule has 6 nitrogen and oxygen atoms in total. The van der Waals surface area contributed by atoms with E-state index in [1.807, 2.05) is 0 Å². The zero-order valence-electron chi connectivity index (χ0n) is 12.3. The highest BCUT2D eigenvalue weighted by molar-refractivity contribution is 5.27. The number of aromatic nitrogens is 2. The van der Waals surface area contributed by atoms with Crippen LogP contribution in [0.1, 0.15) is 19.8 Å². The van der Waals surface area contributed by atoms with Crippen LogP contribution >= 0.6 is 0 Å². The molecule has 6 heteroatoms. The summed E-state index contributed by atoms with van der Waals surface area (Å²) >= 11 is 0. The first kappa shape index (κ1) is 15.0. The minimum absolute atomic E-state index is 0.645. The van der Waals surface area contributed by atoms with Crippen LogP contribution in [0.5, 0.6) is 5.88 Å². The molecule has 112 valence electrons. The lowest BCUT2D eigenvalue weighted by Gasteiger charge is -2.27. The van der Waals surface area contributed by atoms with Crippen LogP contribution in [0.3, 0.4) is 0 Å². The van der Waals surface area contributed by atoms with E-state index in [0.29, 0.717) is 18.4 Å². The summed E-state index contributed by atoms with van der Waals surface area (Å²) in [4.78, 5) is 11.0. The summed E-state index contributed by atoms with van der Waals surface area (Å²) in [5.41, 5.74) is 0. The highest BCUT2D eigenvalue weighted by Crippen LogP contribution is 2.08. The van der Waals surface area contributed by atoms with Gasteiger partial charge in [0, 0.05) is 45.0 Å². The maximum absolute atomic E-state index is 5.49. The third-order valence-corrected chi connectivity index (χ3v) is 3.23. The molecule has 1 aromatic rings. The predicted molar refractivity (Wildman–Crippen MR) is 80.2 cm³/mol. The fourth-order valence-electron chi connectivity index (χ4n) is 2.15. The fraction of sp³-hybridized carbons (Fsp3) is 0.714. The van der Waals surface area contributed by atoms with Gasteiger partial charge in [-0.15, -0.1) is 0 Å². The smallest absolute Gasteiger partial charge is 0.225 e. The molecule has 1 saturated heterocycles. The molecular formula is C14H25N5O. The number of piperazine rings is 1. The molecule has 0 unspecified atom stereocenters. The number of nitrogens with one attached hydrogen (secondary N) is 2. The third-order valence-electron chi connectivity index (χ3n) is 3.23. The van der Waals surface area contributed by atoms with Gasteiger partial charge in [-0.25, -0.2) is 4.98 Å². The lowest BCUT2D eigenvalue weighted by Crippen LogP contribution is -2.44. The number of ether oxygens (including phenoxy) is 1. The molecule has 2 N–H and O–H groups in total.